The van der Waals surface area contributed by atoms with Gasteiger partial charge in [-0.1, -0.05) is 6.92 Å². The van der Waals surface area contributed by atoms with Crippen molar-refractivity contribution in [3.05, 3.63) is 27.3 Å². The van der Waals surface area contributed by atoms with E-state index >= 15 is 0 Å². The molecule has 1 aromatic rings. The van der Waals surface area contributed by atoms with E-state index < -0.39 is 17.9 Å². The second-order valence-corrected chi connectivity index (χ2v) is 5.42. The van der Waals surface area contributed by atoms with Crippen LogP contribution in [0.5, 0.6) is 0 Å². The molecule has 0 fully saturated rings. The van der Waals surface area contributed by atoms with Gasteiger partial charge in [0.15, 0.2) is 0 Å². The number of aliphatic hydroxyl groups excluding tert-OH is 1. The summed E-state index contributed by atoms with van der Waals surface area (Å²) < 4.78 is 1.06. The van der Waals surface area contributed by atoms with Crippen LogP contribution in [0, 0.1) is 10.5 Å². The number of amides is 2. The highest BCUT2D eigenvalue weighted by Crippen LogP contribution is 2.17. The van der Waals surface area contributed by atoms with Gasteiger partial charge in [0, 0.05) is 9.26 Å². The first-order valence-electron chi connectivity index (χ1n) is 5.96. The highest BCUT2D eigenvalue weighted by Gasteiger charge is 2.17. The number of hydrogen-bond acceptors (Lipinski definition) is 3. The molecule has 104 valence electrons. The zero-order chi connectivity index (χ0) is 14.4. The quantitative estimate of drug-likeness (QED) is 0.550. The van der Waals surface area contributed by atoms with Crippen LogP contribution in [0.1, 0.15) is 18.9 Å². The van der Waals surface area contributed by atoms with Crippen molar-refractivity contribution in [3.63, 3.8) is 0 Å². The molecule has 0 bridgehead atoms. The fourth-order valence-electron chi connectivity index (χ4n) is 1.47. The van der Waals surface area contributed by atoms with Gasteiger partial charge in [0.2, 0.25) is 0 Å². The number of halogens is 1. The first-order chi connectivity index (χ1) is 8.97. The van der Waals surface area contributed by atoms with E-state index in [9.17, 15) is 9.59 Å². The fraction of sp³-hybridized carbons (Fsp3) is 0.385. The van der Waals surface area contributed by atoms with Crippen LogP contribution in [0.15, 0.2) is 18.2 Å². The van der Waals surface area contributed by atoms with E-state index in [1.54, 1.807) is 6.07 Å². The number of nitrogens with one attached hydrogen (secondary N) is 2. The fourth-order valence-corrected chi connectivity index (χ4v) is 2.12. The number of aryl methyl sites for hydroxylation is 1. The summed E-state index contributed by atoms with van der Waals surface area (Å²) in [6, 6.07) is 5.13. The molecule has 5 nitrogen and oxygen atoms in total. The lowest BCUT2D eigenvalue weighted by molar-refractivity contribution is -0.136. The van der Waals surface area contributed by atoms with E-state index in [0.717, 1.165) is 9.13 Å². The SMILES string of the molecule is CCC(CO)NC(=O)C(=O)Nc1ccc(I)cc1C. The van der Waals surface area contributed by atoms with Crippen molar-refractivity contribution < 1.29 is 14.7 Å². The van der Waals surface area contributed by atoms with Crippen LogP contribution in [0.25, 0.3) is 0 Å². The van der Waals surface area contributed by atoms with E-state index in [-0.39, 0.29) is 6.61 Å². The van der Waals surface area contributed by atoms with E-state index in [2.05, 4.69) is 33.2 Å². The molecular formula is C13H17IN2O3. The Morgan fingerprint density at radius 2 is 2.05 bits per heavy atom. The maximum Gasteiger partial charge on any atom is 0.313 e. The minimum absolute atomic E-state index is 0.182. The van der Waals surface area contributed by atoms with Gasteiger partial charge in [-0.05, 0) is 59.7 Å². The molecule has 1 aromatic carbocycles. The van der Waals surface area contributed by atoms with Crippen LogP contribution in [-0.2, 0) is 9.59 Å². The summed E-state index contributed by atoms with van der Waals surface area (Å²) in [5.41, 5.74) is 1.50. The number of carbonyl (C=O) groups is 2. The monoisotopic (exact) mass is 376 g/mol. The van der Waals surface area contributed by atoms with Crippen molar-refractivity contribution in [1.82, 2.24) is 5.32 Å². The molecule has 0 heterocycles. The Hall–Kier alpha value is -1.15. The molecule has 0 aliphatic carbocycles. The summed E-state index contributed by atoms with van der Waals surface area (Å²) in [6.07, 6.45) is 0.568. The number of anilines is 1. The van der Waals surface area contributed by atoms with Crippen LogP contribution in [0.4, 0.5) is 5.69 Å². The lowest BCUT2D eigenvalue weighted by Crippen LogP contribution is -2.43. The third-order valence-corrected chi connectivity index (χ3v) is 3.36. The van der Waals surface area contributed by atoms with E-state index in [1.165, 1.54) is 0 Å². The van der Waals surface area contributed by atoms with Crippen molar-refractivity contribution in [2.75, 3.05) is 11.9 Å². The van der Waals surface area contributed by atoms with Crippen LogP contribution in [0.3, 0.4) is 0 Å². The molecule has 6 heteroatoms. The summed E-state index contributed by atoms with van der Waals surface area (Å²) in [5, 5.41) is 14.0. The molecule has 0 radical (unpaired) electrons. The summed E-state index contributed by atoms with van der Waals surface area (Å²) in [5.74, 6) is -1.46. The van der Waals surface area contributed by atoms with Gasteiger partial charge in [-0.25, -0.2) is 0 Å². The molecule has 1 rings (SSSR count). The molecule has 0 spiro atoms. The second-order valence-electron chi connectivity index (χ2n) is 4.17. The Bertz CT molecular complexity index is 473. The average Bonchev–Trinajstić information content (AvgIpc) is 2.38. The zero-order valence-electron chi connectivity index (χ0n) is 10.9. The summed E-state index contributed by atoms with van der Waals surface area (Å²) in [4.78, 5) is 23.3. The van der Waals surface area contributed by atoms with Crippen molar-refractivity contribution in [1.29, 1.82) is 0 Å². The molecule has 2 amide bonds. The molecular weight excluding hydrogens is 359 g/mol. The highest BCUT2D eigenvalue weighted by molar-refractivity contribution is 14.1. The van der Waals surface area contributed by atoms with Crippen LogP contribution < -0.4 is 10.6 Å². The number of carbonyl (C=O) groups excluding carboxylic acids is 2. The van der Waals surface area contributed by atoms with Crippen molar-refractivity contribution in [2.24, 2.45) is 0 Å². The second kappa shape index (κ2) is 7.44. The topological polar surface area (TPSA) is 78.4 Å². The number of rotatable bonds is 4. The summed E-state index contributed by atoms with van der Waals surface area (Å²) >= 11 is 2.18. The van der Waals surface area contributed by atoms with E-state index in [0.29, 0.717) is 12.1 Å². The lowest BCUT2D eigenvalue weighted by atomic mass is 10.2. The Balaban J connectivity index is 2.66. The van der Waals surface area contributed by atoms with Gasteiger partial charge in [0.1, 0.15) is 0 Å². The highest BCUT2D eigenvalue weighted by atomic mass is 127. The van der Waals surface area contributed by atoms with Crippen LogP contribution in [-0.4, -0.2) is 29.6 Å². The Kier molecular flexibility index (Phi) is 6.23. The molecule has 0 saturated heterocycles. The minimum Gasteiger partial charge on any atom is -0.394 e. The Morgan fingerprint density at radius 1 is 1.37 bits per heavy atom. The first kappa shape index (κ1) is 15.9. The zero-order valence-corrected chi connectivity index (χ0v) is 13.0. The molecule has 0 aliphatic heterocycles. The minimum atomic E-state index is -0.737. The normalized spacial score (nSPS) is 11.8. The molecule has 0 aliphatic rings. The van der Waals surface area contributed by atoms with E-state index in [4.69, 9.17) is 5.11 Å². The lowest BCUT2D eigenvalue weighted by Gasteiger charge is -2.14. The van der Waals surface area contributed by atoms with Crippen molar-refractivity contribution >= 4 is 40.1 Å². The molecule has 1 unspecified atom stereocenters. The van der Waals surface area contributed by atoms with Crippen molar-refractivity contribution in [2.45, 2.75) is 26.3 Å². The number of aliphatic hydroxyl groups is 1. The van der Waals surface area contributed by atoms with Gasteiger partial charge in [-0.15, -0.1) is 0 Å². The van der Waals surface area contributed by atoms with Crippen LogP contribution in [0.2, 0.25) is 0 Å². The molecule has 19 heavy (non-hydrogen) atoms. The molecule has 0 aromatic heterocycles. The van der Waals surface area contributed by atoms with E-state index in [1.807, 2.05) is 26.0 Å². The predicted molar refractivity (Wildman–Crippen MR) is 81.8 cm³/mol. The van der Waals surface area contributed by atoms with Gasteiger partial charge in [-0.2, -0.15) is 0 Å². The summed E-state index contributed by atoms with van der Waals surface area (Å²) in [7, 11) is 0. The smallest absolute Gasteiger partial charge is 0.313 e. The van der Waals surface area contributed by atoms with Gasteiger partial charge in [0.25, 0.3) is 0 Å². The molecule has 0 saturated carbocycles. The standard InChI is InChI=1S/C13H17IN2O3/c1-3-10(7-17)15-12(18)13(19)16-11-5-4-9(14)6-8(11)2/h4-6,10,17H,3,7H2,1-2H3,(H,15,18)(H,16,19). The third kappa shape index (κ3) is 4.79. The summed E-state index contributed by atoms with van der Waals surface area (Å²) in [6.45, 7) is 3.50. The van der Waals surface area contributed by atoms with Crippen LogP contribution >= 0.6 is 22.6 Å². The van der Waals surface area contributed by atoms with Gasteiger partial charge in [0.05, 0.1) is 12.6 Å². The molecule has 3 N–H and O–H groups in total. The molecule has 1 atom stereocenters. The van der Waals surface area contributed by atoms with Crippen molar-refractivity contribution in [3.8, 4) is 0 Å². The maximum absolute atomic E-state index is 11.7. The number of benzene rings is 1. The largest absolute Gasteiger partial charge is 0.394 e. The predicted octanol–water partition coefficient (Wildman–Crippen LogP) is 1.43. The number of hydrogen-bond donors (Lipinski definition) is 3. The average molecular weight is 376 g/mol. The maximum atomic E-state index is 11.7. The Morgan fingerprint density at radius 3 is 2.58 bits per heavy atom. The third-order valence-electron chi connectivity index (χ3n) is 2.69. The van der Waals surface area contributed by atoms with Gasteiger partial charge in [-0.3, -0.25) is 9.59 Å². The van der Waals surface area contributed by atoms with Gasteiger partial charge >= 0.3 is 11.8 Å². The Labute approximate surface area is 125 Å². The first-order valence-corrected chi connectivity index (χ1v) is 7.04. The van der Waals surface area contributed by atoms with Gasteiger partial charge < -0.3 is 15.7 Å².